The fraction of sp³-hybridized carbons (Fsp3) is 0.500. The van der Waals surface area contributed by atoms with Crippen molar-refractivity contribution in [2.24, 2.45) is 5.41 Å². The normalized spacial score (nSPS) is 18.0. The first-order valence-corrected chi connectivity index (χ1v) is 10.2. The van der Waals surface area contributed by atoms with E-state index < -0.39 is 0 Å². The van der Waals surface area contributed by atoms with E-state index in [9.17, 15) is 9.59 Å². The molecule has 8 nitrogen and oxygen atoms in total. The van der Waals surface area contributed by atoms with Crippen LogP contribution < -0.4 is 9.47 Å². The number of likely N-dealkylation sites (tertiary alicyclic amines) is 2. The molecule has 2 saturated heterocycles. The van der Waals surface area contributed by atoms with Crippen LogP contribution >= 0.6 is 0 Å². The van der Waals surface area contributed by atoms with Crippen molar-refractivity contribution in [2.45, 2.75) is 26.2 Å². The minimum atomic E-state index is -0.0802. The number of benzene rings is 1. The van der Waals surface area contributed by atoms with E-state index in [0.717, 1.165) is 19.3 Å². The maximum Gasteiger partial charge on any atom is 0.276 e. The molecule has 4 rings (SSSR count). The van der Waals surface area contributed by atoms with Gasteiger partial charge >= 0.3 is 0 Å². The summed E-state index contributed by atoms with van der Waals surface area (Å²) in [5.74, 6) is 1.67. The maximum atomic E-state index is 13.1. The summed E-state index contributed by atoms with van der Waals surface area (Å²) in [6.07, 6.45) is 2.68. The average Bonchev–Trinajstić information content (AvgIpc) is 3.39. The smallest absolute Gasteiger partial charge is 0.276 e. The van der Waals surface area contributed by atoms with Crippen LogP contribution in [0.5, 0.6) is 11.5 Å². The van der Waals surface area contributed by atoms with Gasteiger partial charge in [-0.25, -0.2) is 0 Å². The molecule has 0 saturated carbocycles. The molecule has 8 heteroatoms. The third kappa shape index (κ3) is 3.74. The second-order valence-electron chi connectivity index (χ2n) is 8.16. The first-order chi connectivity index (χ1) is 14.4. The minimum absolute atomic E-state index is 0.0513. The van der Waals surface area contributed by atoms with E-state index in [0.29, 0.717) is 54.7 Å². The van der Waals surface area contributed by atoms with Gasteiger partial charge in [-0.05, 0) is 49.8 Å². The van der Waals surface area contributed by atoms with Crippen LogP contribution in [-0.2, 0) is 0 Å². The summed E-state index contributed by atoms with van der Waals surface area (Å²) in [7, 11) is 3.14. The highest BCUT2D eigenvalue weighted by Crippen LogP contribution is 2.41. The van der Waals surface area contributed by atoms with Gasteiger partial charge in [-0.1, -0.05) is 5.16 Å². The van der Waals surface area contributed by atoms with Crippen molar-refractivity contribution in [3.05, 3.63) is 41.3 Å². The summed E-state index contributed by atoms with van der Waals surface area (Å²) in [4.78, 5) is 29.5. The average molecular weight is 413 g/mol. The molecular formula is C22H27N3O5. The zero-order valence-corrected chi connectivity index (χ0v) is 17.6. The quantitative estimate of drug-likeness (QED) is 0.766. The number of nitrogens with zero attached hydrogens (tertiary/aromatic N) is 3. The summed E-state index contributed by atoms with van der Waals surface area (Å²) in [6, 6.07) is 6.93. The van der Waals surface area contributed by atoms with Gasteiger partial charge in [0.1, 0.15) is 17.3 Å². The Kier molecular flexibility index (Phi) is 5.40. The van der Waals surface area contributed by atoms with E-state index in [1.165, 1.54) is 0 Å². The molecule has 0 atom stereocenters. The van der Waals surface area contributed by atoms with Gasteiger partial charge in [-0.3, -0.25) is 9.59 Å². The fourth-order valence-corrected chi connectivity index (χ4v) is 4.48. The van der Waals surface area contributed by atoms with E-state index in [1.54, 1.807) is 45.4 Å². The molecule has 2 aliphatic rings. The molecule has 2 aliphatic heterocycles. The number of hydrogen-bond acceptors (Lipinski definition) is 6. The van der Waals surface area contributed by atoms with Crippen molar-refractivity contribution in [1.82, 2.24) is 15.0 Å². The van der Waals surface area contributed by atoms with E-state index in [1.807, 2.05) is 9.80 Å². The lowest BCUT2D eigenvalue weighted by atomic mass is 9.77. The highest BCUT2D eigenvalue weighted by atomic mass is 16.5. The summed E-state index contributed by atoms with van der Waals surface area (Å²) in [6.45, 7) is 4.50. The highest BCUT2D eigenvalue weighted by Gasteiger charge is 2.43. The molecule has 30 heavy (non-hydrogen) atoms. The van der Waals surface area contributed by atoms with Gasteiger partial charge in [0.2, 0.25) is 0 Å². The molecule has 0 radical (unpaired) electrons. The maximum absolute atomic E-state index is 13.1. The lowest BCUT2D eigenvalue weighted by molar-refractivity contribution is 0.0561. The number of hydrogen-bond donors (Lipinski definition) is 0. The van der Waals surface area contributed by atoms with E-state index in [2.05, 4.69) is 5.16 Å². The molecular weight excluding hydrogens is 386 g/mol. The number of rotatable bonds is 4. The lowest BCUT2D eigenvalue weighted by Gasteiger charge is -2.39. The monoisotopic (exact) mass is 413 g/mol. The standard InChI is InChI=1S/C22H27N3O5/c1-15-12-18(23-30-15)21(27)25-11-8-22(14-25)6-9-24(10-7-22)20(26)17-13-16(28-2)4-5-19(17)29-3/h4-5,12-13H,6-11,14H2,1-3H3. The molecule has 1 aromatic carbocycles. The molecule has 0 N–H and O–H groups in total. The fourth-order valence-electron chi connectivity index (χ4n) is 4.48. The number of aromatic nitrogens is 1. The zero-order valence-electron chi connectivity index (χ0n) is 17.6. The molecule has 2 aromatic rings. The van der Waals surface area contributed by atoms with Gasteiger partial charge in [0.15, 0.2) is 5.69 Å². The van der Waals surface area contributed by atoms with Crippen LogP contribution in [0.15, 0.2) is 28.8 Å². The van der Waals surface area contributed by atoms with Gasteiger partial charge in [-0.15, -0.1) is 0 Å². The summed E-state index contributed by atoms with van der Waals surface area (Å²) in [5, 5.41) is 3.85. The van der Waals surface area contributed by atoms with Crippen LogP contribution in [0.4, 0.5) is 0 Å². The Bertz CT molecular complexity index is 946. The van der Waals surface area contributed by atoms with Crippen LogP contribution in [0.1, 0.15) is 45.9 Å². The third-order valence-corrected chi connectivity index (χ3v) is 6.32. The topological polar surface area (TPSA) is 85.1 Å². The predicted molar refractivity (Wildman–Crippen MR) is 109 cm³/mol. The SMILES string of the molecule is COc1ccc(OC)c(C(=O)N2CCC3(CCN(C(=O)c4cc(C)on4)C3)CC2)c1. The van der Waals surface area contributed by atoms with E-state index in [4.69, 9.17) is 14.0 Å². The highest BCUT2D eigenvalue weighted by molar-refractivity contribution is 5.97. The molecule has 1 aromatic heterocycles. The van der Waals surface area contributed by atoms with E-state index >= 15 is 0 Å². The van der Waals surface area contributed by atoms with Crippen LogP contribution in [0.3, 0.4) is 0 Å². The molecule has 160 valence electrons. The second-order valence-corrected chi connectivity index (χ2v) is 8.16. The van der Waals surface area contributed by atoms with Crippen molar-refractivity contribution < 1.29 is 23.6 Å². The Morgan fingerprint density at radius 1 is 1.00 bits per heavy atom. The van der Waals surface area contributed by atoms with Gasteiger partial charge in [0.25, 0.3) is 11.8 Å². The van der Waals surface area contributed by atoms with Crippen LogP contribution in [-0.4, -0.2) is 67.2 Å². The number of carbonyl (C=O) groups excluding carboxylic acids is 2. The Morgan fingerprint density at radius 2 is 1.70 bits per heavy atom. The van der Waals surface area contributed by atoms with Gasteiger partial charge < -0.3 is 23.8 Å². The van der Waals surface area contributed by atoms with Crippen LogP contribution in [0.25, 0.3) is 0 Å². The first kappa shape index (κ1) is 20.3. The Balaban J connectivity index is 1.41. The number of carbonyl (C=O) groups is 2. The van der Waals surface area contributed by atoms with Crippen molar-refractivity contribution in [3.8, 4) is 11.5 Å². The number of ether oxygens (including phenoxy) is 2. The second kappa shape index (κ2) is 8.01. The summed E-state index contributed by atoms with van der Waals surface area (Å²) in [5.41, 5.74) is 0.934. The molecule has 0 bridgehead atoms. The van der Waals surface area contributed by atoms with Crippen molar-refractivity contribution >= 4 is 11.8 Å². The van der Waals surface area contributed by atoms with Crippen molar-refractivity contribution in [1.29, 1.82) is 0 Å². The lowest BCUT2D eigenvalue weighted by Crippen LogP contribution is -2.44. The van der Waals surface area contributed by atoms with E-state index in [-0.39, 0.29) is 17.2 Å². The van der Waals surface area contributed by atoms with Crippen LogP contribution in [0.2, 0.25) is 0 Å². The minimum Gasteiger partial charge on any atom is -0.497 e. The Morgan fingerprint density at radius 3 is 2.30 bits per heavy atom. The number of piperidine rings is 1. The summed E-state index contributed by atoms with van der Waals surface area (Å²) < 4.78 is 15.7. The van der Waals surface area contributed by atoms with Crippen molar-refractivity contribution in [2.75, 3.05) is 40.4 Å². The van der Waals surface area contributed by atoms with Gasteiger partial charge in [0.05, 0.1) is 19.8 Å². The molecule has 2 amide bonds. The Hall–Kier alpha value is -3.03. The Labute approximate surface area is 175 Å². The largest absolute Gasteiger partial charge is 0.497 e. The summed E-state index contributed by atoms with van der Waals surface area (Å²) >= 11 is 0. The molecule has 0 aliphatic carbocycles. The zero-order chi connectivity index (χ0) is 21.3. The number of amides is 2. The van der Waals surface area contributed by atoms with Gasteiger partial charge in [0, 0.05) is 32.2 Å². The molecule has 2 fully saturated rings. The molecule has 0 unspecified atom stereocenters. The van der Waals surface area contributed by atoms with Gasteiger partial charge in [-0.2, -0.15) is 0 Å². The first-order valence-electron chi connectivity index (χ1n) is 10.2. The van der Waals surface area contributed by atoms with Crippen LogP contribution in [0, 0.1) is 12.3 Å². The number of aryl methyl sites for hydroxylation is 1. The van der Waals surface area contributed by atoms with Crippen molar-refractivity contribution in [3.63, 3.8) is 0 Å². The molecule has 3 heterocycles. The third-order valence-electron chi connectivity index (χ3n) is 6.32. The predicted octanol–water partition coefficient (Wildman–Crippen LogP) is 2.77. The molecule has 1 spiro atoms. The number of methoxy groups -OCH3 is 2.